The average molecular weight is 260 g/mol. The van der Waals surface area contributed by atoms with Gasteiger partial charge in [-0.2, -0.15) is 0 Å². The minimum atomic E-state index is -0.0958. The summed E-state index contributed by atoms with van der Waals surface area (Å²) in [6.45, 7) is 2.87. The maximum atomic E-state index is 8.74. The monoisotopic (exact) mass is 260 g/mol. The third-order valence-corrected chi connectivity index (χ3v) is 3.54. The van der Waals surface area contributed by atoms with E-state index < -0.39 is 0 Å². The molecule has 2 heterocycles. The van der Waals surface area contributed by atoms with Crippen molar-refractivity contribution in [3.63, 3.8) is 0 Å². The minimum absolute atomic E-state index is 0.0958. The largest absolute Gasteiger partial charge is 0.384 e. The van der Waals surface area contributed by atoms with Crippen molar-refractivity contribution >= 4 is 11.3 Å². The van der Waals surface area contributed by atoms with Crippen LogP contribution in [0.4, 0.5) is 0 Å². The summed E-state index contributed by atoms with van der Waals surface area (Å²) in [5.74, 6) is 6.80. The summed E-state index contributed by atoms with van der Waals surface area (Å²) in [4.78, 5) is 5.58. The molecule has 4 heteroatoms. The Morgan fingerprint density at radius 3 is 3.17 bits per heavy atom. The fraction of sp³-hybridized carbons (Fsp3) is 0.357. The van der Waals surface area contributed by atoms with Crippen molar-refractivity contribution in [1.29, 1.82) is 0 Å². The standard InChI is InChI=1S/C14H16N2OS/c1-2-4-14-15-7-8-16(14)11-13-12(5-3-9-17)6-10-18-13/h6-8,10,17H,2,4,9,11H2,1H3. The molecule has 0 spiro atoms. The van der Waals surface area contributed by atoms with Crippen LogP contribution in [-0.2, 0) is 13.0 Å². The van der Waals surface area contributed by atoms with Gasteiger partial charge in [-0.1, -0.05) is 18.8 Å². The molecule has 0 aliphatic carbocycles. The molecule has 3 nitrogen and oxygen atoms in total. The average Bonchev–Trinajstić information content (AvgIpc) is 2.98. The van der Waals surface area contributed by atoms with Gasteiger partial charge in [0.1, 0.15) is 12.4 Å². The van der Waals surface area contributed by atoms with Crippen molar-refractivity contribution in [3.05, 3.63) is 40.1 Å². The lowest BCUT2D eigenvalue weighted by atomic mass is 10.2. The van der Waals surface area contributed by atoms with E-state index in [0.717, 1.165) is 30.8 Å². The highest BCUT2D eigenvalue weighted by Crippen LogP contribution is 2.18. The molecule has 1 N–H and O–H groups in total. The van der Waals surface area contributed by atoms with E-state index >= 15 is 0 Å². The lowest BCUT2D eigenvalue weighted by Crippen LogP contribution is -2.03. The zero-order valence-electron chi connectivity index (χ0n) is 10.4. The van der Waals surface area contributed by atoms with Crippen molar-refractivity contribution < 1.29 is 5.11 Å². The van der Waals surface area contributed by atoms with Crippen molar-refractivity contribution in [1.82, 2.24) is 9.55 Å². The first-order valence-electron chi connectivity index (χ1n) is 6.01. The Morgan fingerprint density at radius 2 is 2.39 bits per heavy atom. The van der Waals surface area contributed by atoms with Gasteiger partial charge in [0.2, 0.25) is 0 Å². The fourth-order valence-corrected chi connectivity index (χ4v) is 2.63. The van der Waals surface area contributed by atoms with Gasteiger partial charge < -0.3 is 9.67 Å². The summed E-state index contributed by atoms with van der Waals surface area (Å²) in [6, 6.07) is 2.00. The topological polar surface area (TPSA) is 38.0 Å². The molecule has 0 amide bonds. The fourth-order valence-electron chi connectivity index (χ4n) is 1.80. The Hall–Kier alpha value is -1.57. The molecule has 0 fully saturated rings. The number of thiophene rings is 1. The maximum Gasteiger partial charge on any atom is 0.108 e. The predicted molar refractivity (Wildman–Crippen MR) is 73.6 cm³/mol. The molecule has 0 aromatic carbocycles. The van der Waals surface area contributed by atoms with Crippen LogP contribution in [-0.4, -0.2) is 21.3 Å². The second-order valence-electron chi connectivity index (χ2n) is 3.94. The van der Waals surface area contributed by atoms with Gasteiger partial charge in [0.15, 0.2) is 0 Å². The molecular weight excluding hydrogens is 244 g/mol. The molecule has 94 valence electrons. The molecule has 0 atom stereocenters. The third kappa shape index (κ3) is 3.00. The molecule has 0 saturated carbocycles. The quantitative estimate of drug-likeness (QED) is 0.857. The van der Waals surface area contributed by atoms with Crippen LogP contribution in [0.1, 0.15) is 29.6 Å². The molecule has 18 heavy (non-hydrogen) atoms. The van der Waals surface area contributed by atoms with Crippen LogP contribution in [0.2, 0.25) is 0 Å². The summed E-state index contributed by atoms with van der Waals surface area (Å²) < 4.78 is 2.17. The maximum absolute atomic E-state index is 8.74. The van der Waals surface area contributed by atoms with E-state index in [0.29, 0.717) is 0 Å². The zero-order valence-corrected chi connectivity index (χ0v) is 11.2. The van der Waals surface area contributed by atoms with Gasteiger partial charge in [0, 0.05) is 29.3 Å². The first-order valence-corrected chi connectivity index (χ1v) is 6.89. The molecular formula is C14H16N2OS. The second kappa shape index (κ2) is 6.39. The Kier molecular flexibility index (Phi) is 4.57. The van der Waals surface area contributed by atoms with E-state index in [1.807, 2.05) is 23.8 Å². The normalized spacial score (nSPS) is 10.1. The minimum Gasteiger partial charge on any atom is -0.384 e. The number of aromatic nitrogens is 2. The molecule has 0 bridgehead atoms. The van der Waals surface area contributed by atoms with Gasteiger partial charge in [0.25, 0.3) is 0 Å². The first-order chi connectivity index (χ1) is 8.85. The number of hydrogen-bond donors (Lipinski definition) is 1. The van der Waals surface area contributed by atoms with Crippen LogP contribution < -0.4 is 0 Å². The van der Waals surface area contributed by atoms with E-state index in [-0.39, 0.29) is 6.61 Å². The zero-order chi connectivity index (χ0) is 12.8. The van der Waals surface area contributed by atoms with Crippen molar-refractivity contribution in [2.45, 2.75) is 26.3 Å². The Morgan fingerprint density at radius 1 is 1.50 bits per heavy atom. The number of aryl methyl sites for hydroxylation is 1. The predicted octanol–water partition coefficient (Wildman–Crippen LogP) is 2.29. The van der Waals surface area contributed by atoms with E-state index in [2.05, 4.69) is 28.3 Å². The van der Waals surface area contributed by atoms with Crippen LogP contribution in [0.25, 0.3) is 0 Å². The summed E-state index contributed by atoms with van der Waals surface area (Å²) in [6.07, 6.45) is 5.94. The number of rotatable bonds is 4. The van der Waals surface area contributed by atoms with Crippen LogP contribution in [0.5, 0.6) is 0 Å². The van der Waals surface area contributed by atoms with E-state index in [9.17, 15) is 0 Å². The number of imidazole rings is 1. The SMILES string of the molecule is CCCc1nccn1Cc1sccc1C#CCO. The Labute approximate surface area is 111 Å². The van der Waals surface area contributed by atoms with Crippen LogP contribution >= 0.6 is 11.3 Å². The highest BCUT2D eigenvalue weighted by atomic mass is 32.1. The number of aliphatic hydroxyl groups excluding tert-OH is 1. The van der Waals surface area contributed by atoms with Gasteiger partial charge in [0.05, 0.1) is 6.54 Å². The molecule has 0 saturated heterocycles. The molecule has 0 aliphatic rings. The summed E-state index contributed by atoms with van der Waals surface area (Å²) >= 11 is 1.69. The smallest absolute Gasteiger partial charge is 0.108 e. The lowest BCUT2D eigenvalue weighted by Gasteiger charge is -2.06. The van der Waals surface area contributed by atoms with E-state index in [4.69, 9.17) is 5.11 Å². The van der Waals surface area contributed by atoms with Gasteiger partial charge >= 0.3 is 0 Å². The van der Waals surface area contributed by atoms with Crippen molar-refractivity contribution in [3.8, 4) is 11.8 Å². The van der Waals surface area contributed by atoms with Crippen LogP contribution in [0, 0.1) is 11.8 Å². The molecule has 0 aliphatic heterocycles. The molecule has 0 unspecified atom stereocenters. The highest BCUT2D eigenvalue weighted by molar-refractivity contribution is 7.10. The van der Waals surface area contributed by atoms with Crippen LogP contribution in [0.3, 0.4) is 0 Å². The Bertz CT molecular complexity index is 560. The first kappa shape index (κ1) is 12.9. The number of aliphatic hydroxyl groups is 1. The molecule has 2 aromatic heterocycles. The van der Waals surface area contributed by atoms with Crippen molar-refractivity contribution in [2.75, 3.05) is 6.61 Å². The number of hydrogen-bond acceptors (Lipinski definition) is 3. The number of nitrogens with zero attached hydrogens (tertiary/aromatic N) is 2. The third-order valence-electron chi connectivity index (χ3n) is 2.64. The second-order valence-corrected chi connectivity index (χ2v) is 4.94. The van der Waals surface area contributed by atoms with Gasteiger partial charge in [-0.25, -0.2) is 4.98 Å². The van der Waals surface area contributed by atoms with Crippen LogP contribution in [0.15, 0.2) is 23.8 Å². The van der Waals surface area contributed by atoms with Gasteiger partial charge in [-0.3, -0.25) is 0 Å². The van der Waals surface area contributed by atoms with Gasteiger partial charge in [-0.15, -0.1) is 11.3 Å². The Balaban J connectivity index is 2.18. The summed E-state index contributed by atoms with van der Waals surface area (Å²) in [5.41, 5.74) is 1.00. The van der Waals surface area contributed by atoms with E-state index in [1.165, 1.54) is 4.88 Å². The van der Waals surface area contributed by atoms with Crippen molar-refractivity contribution in [2.24, 2.45) is 0 Å². The molecule has 0 radical (unpaired) electrons. The lowest BCUT2D eigenvalue weighted by molar-refractivity contribution is 0.350. The summed E-state index contributed by atoms with van der Waals surface area (Å²) in [7, 11) is 0. The van der Waals surface area contributed by atoms with Gasteiger partial charge in [-0.05, 0) is 17.9 Å². The summed E-state index contributed by atoms with van der Waals surface area (Å²) in [5, 5.41) is 10.8. The molecule has 2 rings (SSSR count). The van der Waals surface area contributed by atoms with E-state index in [1.54, 1.807) is 11.3 Å². The highest BCUT2D eigenvalue weighted by Gasteiger charge is 2.06. The molecule has 2 aromatic rings.